The molecule has 1 aliphatic rings. The minimum Gasteiger partial charge on any atom is -0.497 e. The number of hydrogen-bond acceptors (Lipinski definition) is 6. The molecule has 0 spiro atoms. The van der Waals surface area contributed by atoms with E-state index < -0.39 is 17.6 Å². The number of pyridine rings is 1. The molecule has 3 aromatic rings. The molecule has 0 saturated carbocycles. The molecule has 194 valence electrons. The number of fused-ring (bicyclic) bond motifs is 1. The Morgan fingerprint density at radius 3 is 2.86 bits per heavy atom. The van der Waals surface area contributed by atoms with Crippen LogP contribution in [-0.4, -0.2) is 53.5 Å². The molecule has 1 fully saturated rings. The summed E-state index contributed by atoms with van der Waals surface area (Å²) in [4.78, 5) is 19.8. The molecule has 1 aromatic carbocycles. The maximum atomic E-state index is 15.7. The Kier molecular flexibility index (Phi) is 9.50. The van der Waals surface area contributed by atoms with Crippen molar-refractivity contribution in [1.82, 2.24) is 9.88 Å². The summed E-state index contributed by atoms with van der Waals surface area (Å²) in [7, 11) is 1.57. The summed E-state index contributed by atoms with van der Waals surface area (Å²) in [6, 6.07) is 7.49. The van der Waals surface area contributed by atoms with Gasteiger partial charge in [-0.25, -0.2) is 4.39 Å². The topological polar surface area (TPSA) is 62.7 Å². The normalized spacial score (nSPS) is 16.8. The van der Waals surface area contributed by atoms with Crippen LogP contribution in [0.2, 0.25) is 5.02 Å². The molecule has 0 bridgehead atoms. The second kappa shape index (κ2) is 12.6. The second-order valence-corrected chi connectivity index (χ2v) is 11.8. The third kappa shape index (κ3) is 6.91. The van der Waals surface area contributed by atoms with Crippen molar-refractivity contribution >= 4 is 51.6 Å². The van der Waals surface area contributed by atoms with Crippen LogP contribution in [0.5, 0.6) is 5.75 Å². The number of carboxylic acids is 1. The second-order valence-electron chi connectivity index (χ2n) is 9.48. The van der Waals surface area contributed by atoms with E-state index in [4.69, 9.17) is 16.3 Å². The summed E-state index contributed by atoms with van der Waals surface area (Å²) in [5.41, 5.74) is 0.667. The first-order valence-corrected chi connectivity index (χ1v) is 14.6. The molecule has 1 unspecified atom stereocenters. The van der Waals surface area contributed by atoms with Crippen LogP contribution in [-0.2, 0) is 4.79 Å². The fraction of sp³-hybridized carbons (Fsp3) is 0.481. The molecule has 2 aromatic heterocycles. The van der Waals surface area contributed by atoms with Crippen molar-refractivity contribution in [2.24, 2.45) is 5.41 Å². The highest BCUT2D eigenvalue weighted by molar-refractivity contribution is 7.99. The number of rotatable bonds is 12. The van der Waals surface area contributed by atoms with E-state index in [1.54, 1.807) is 36.6 Å². The third-order valence-electron chi connectivity index (χ3n) is 7.13. The number of likely N-dealkylation sites (tertiary alicyclic amines) is 1. The van der Waals surface area contributed by atoms with Gasteiger partial charge >= 0.3 is 5.97 Å². The molecule has 0 aliphatic carbocycles. The summed E-state index contributed by atoms with van der Waals surface area (Å²) in [6.07, 6.45) is 3.60. The number of aliphatic carboxylic acids is 1. The number of halogens is 2. The lowest BCUT2D eigenvalue weighted by atomic mass is 9.71. The Morgan fingerprint density at radius 2 is 2.17 bits per heavy atom. The summed E-state index contributed by atoms with van der Waals surface area (Å²) < 4.78 is 21.0. The van der Waals surface area contributed by atoms with Gasteiger partial charge in [-0.3, -0.25) is 9.78 Å². The van der Waals surface area contributed by atoms with E-state index in [-0.39, 0.29) is 17.9 Å². The average molecular weight is 551 g/mol. The largest absolute Gasteiger partial charge is 0.497 e. The van der Waals surface area contributed by atoms with Crippen LogP contribution in [0, 0.1) is 5.41 Å². The van der Waals surface area contributed by atoms with Crippen molar-refractivity contribution in [2.75, 3.05) is 32.5 Å². The van der Waals surface area contributed by atoms with Crippen molar-refractivity contribution in [1.29, 1.82) is 0 Å². The highest BCUT2D eigenvalue weighted by atomic mass is 35.5. The predicted molar refractivity (Wildman–Crippen MR) is 146 cm³/mol. The lowest BCUT2D eigenvalue weighted by Crippen LogP contribution is -2.41. The number of piperidine rings is 1. The first-order chi connectivity index (χ1) is 17.4. The van der Waals surface area contributed by atoms with Gasteiger partial charge in [-0.05, 0) is 92.6 Å². The number of carbonyl (C=O) groups is 1. The predicted octanol–water partition coefficient (Wildman–Crippen LogP) is 7.49. The Balaban J connectivity index is 1.37. The summed E-state index contributed by atoms with van der Waals surface area (Å²) in [6.45, 7) is 2.71. The van der Waals surface area contributed by atoms with Gasteiger partial charge in [-0.1, -0.05) is 11.6 Å². The van der Waals surface area contributed by atoms with Gasteiger partial charge in [0.05, 0.1) is 24.1 Å². The molecule has 9 heteroatoms. The van der Waals surface area contributed by atoms with Gasteiger partial charge in [0.15, 0.2) is 0 Å². The first-order valence-electron chi connectivity index (χ1n) is 12.2. The summed E-state index contributed by atoms with van der Waals surface area (Å²) in [5, 5.41) is 14.8. The van der Waals surface area contributed by atoms with Crippen LogP contribution in [0.25, 0.3) is 10.9 Å². The van der Waals surface area contributed by atoms with E-state index in [0.29, 0.717) is 28.6 Å². The van der Waals surface area contributed by atoms with Crippen molar-refractivity contribution in [2.45, 2.75) is 49.6 Å². The van der Waals surface area contributed by atoms with E-state index in [9.17, 15) is 9.90 Å². The Morgan fingerprint density at radius 1 is 1.36 bits per heavy atom. The first kappa shape index (κ1) is 27.2. The molecule has 4 rings (SSSR count). The number of alkyl halides is 1. The van der Waals surface area contributed by atoms with Gasteiger partial charge in [-0.15, -0.1) is 11.8 Å². The van der Waals surface area contributed by atoms with Crippen molar-refractivity contribution in [3.63, 3.8) is 0 Å². The van der Waals surface area contributed by atoms with Gasteiger partial charge in [0, 0.05) is 27.4 Å². The Labute approximate surface area is 225 Å². The quantitative estimate of drug-likeness (QED) is 0.186. The zero-order chi connectivity index (χ0) is 25.5. The maximum absolute atomic E-state index is 15.7. The van der Waals surface area contributed by atoms with Gasteiger partial charge < -0.3 is 14.7 Å². The van der Waals surface area contributed by atoms with Crippen LogP contribution in [0.3, 0.4) is 0 Å². The molecular formula is C27H32ClFN2O3S2. The highest BCUT2D eigenvalue weighted by Crippen LogP contribution is 2.44. The zero-order valence-corrected chi connectivity index (χ0v) is 22.8. The number of nitrogens with zero attached hydrogens (tertiary/aromatic N) is 2. The standard InChI is InChI=1S/C27H32ClFN2O3S2/c1-34-19-3-4-24-21(15-19)26(22(28)17-30-24)23(29)5-7-27(16-25(32)33)8-11-31(12-9-27)10-2-13-36-20-6-14-35-18-20/h3-4,6,14-15,17-18,23H,2,5,7-13,16H2,1H3,(H,32,33). The molecule has 1 N–H and O–H groups in total. The Bertz CT molecular complexity index is 1150. The highest BCUT2D eigenvalue weighted by Gasteiger charge is 2.37. The number of ether oxygens (including phenoxy) is 1. The summed E-state index contributed by atoms with van der Waals surface area (Å²) >= 11 is 10.00. The molecule has 1 atom stereocenters. The van der Waals surface area contributed by atoms with E-state index in [2.05, 4.69) is 26.7 Å². The van der Waals surface area contributed by atoms with Crippen LogP contribution in [0.4, 0.5) is 4.39 Å². The molecule has 0 amide bonds. The van der Waals surface area contributed by atoms with Gasteiger partial charge in [0.1, 0.15) is 11.9 Å². The fourth-order valence-corrected chi connectivity index (χ4v) is 7.07. The smallest absolute Gasteiger partial charge is 0.303 e. The number of thioether (sulfide) groups is 1. The maximum Gasteiger partial charge on any atom is 0.303 e. The minimum atomic E-state index is -1.31. The average Bonchev–Trinajstić information content (AvgIpc) is 3.39. The molecule has 1 saturated heterocycles. The SMILES string of the molecule is COc1ccc2ncc(Cl)c(C(F)CCC3(CC(=O)O)CCN(CCCSc4ccsc4)CC3)c2c1. The number of carboxylic acid groups (broad SMARTS) is 1. The van der Waals surface area contributed by atoms with E-state index in [1.165, 1.54) is 11.1 Å². The number of aromatic nitrogens is 1. The Hall–Kier alpha value is -1.87. The van der Waals surface area contributed by atoms with Gasteiger partial charge in [-0.2, -0.15) is 11.3 Å². The molecule has 5 nitrogen and oxygen atoms in total. The molecule has 1 aliphatic heterocycles. The summed E-state index contributed by atoms with van der Waals surface area (Å²) in [5.74, 6) is 0.870. The molecular weight excluding hydrogens is 519 g/mol. The molecule has 36 heavy (non-hydrogen) atoms. The number of methoxy groups -OCH3 is 1. The van der Waals surface area contributed by atoms with E-state index in [1.807, 2.05) is 11.8 Å². The monoisotopic (exact) mass is 550 g/mol. The van der Waals surface area contributed by atoms with Crippen LogP contribution >= 0.6 is 34.7 Å². The molecule has 3 heterocycles. The third-order valence-corrected chi connectivity index (χ3v) is 9.35. The van der Waals surface area contributed by atoms with Gasteiger partial charge in [0.25, 0.3) is 0 Å². The van der Waals surface area contributed by atoms with Crippen LogP contribution in [0.15, 0.2) is 46.1 Å². The molecule has 0 radical (unpaired) electrons. The zero-order valence-electron chi connectivity index (χ0n) is 20.4. The fourth-order valence-electron chi connectivity index (χ4n) is 5.09. The van der Waals surface area contributed by atoms with Crippen molar-refractivity contribution in [3.8, 4) is 5.75 Å². The van der Waals surface area contributed by atoms with E-state index in [0.717, 1.165) is 44.6 Å². The van der Waals surface area contributed by atoms with Crippen LogP contribution in [0.1, 0.15) is 50.3 Å². The van der Waals surface area contributed by atoms with E-state index >= 15 is 4.39 Å². The number of hydrogen-bond donors (Lipinski definition) is 1. The lowest BCUT2D eigenvalue weighted by molar-refractivity contribution is -0.141. The number of thiophene rings is 1. The van der Waals surface area contributed by atoms with Crippen LogP contribution < -0.4 is 4.74 Å². The number of benzene rings is 1. The van der Waals surface area contributed by atoms with Crippen molar-refractivity contribution in [3.05, 3.63) is 51.8 Å². The lowest BCUT2D eigenvalue weighted by Gasteiger charge is -2.41. The minimum absolute atomic E-state index is 0.0697. The van der Waals surface area contributed by atoms with Crippen molar-refractivity contribution < 1.29 is 19.0 Å². The van der Waals surface area contributed by atoms with Gasteiger partial charge in [0.2, 0.25) is 0 Å².